The van der Waals surface area contributed by atoms with Gasteiger partial charge in [-0.05, 0) is 23.6 Å². The number of hydrogen-bond acceptors (Lipinski definition) is 7. The summed E-state index contributed by atoms with van der Waals surface area (Å²) in [4.78, 5) is 9.26. The van der Waals surface area contributed by atoms with Crippen LogP contribution in [0.3, 0.4) is 0 Å². The molecular weight excluding hydrogens is 362 g/mol. The first kappa shape index (κ1) is 17.5. The van der Waals surface area contributed by atoms with E-state index in [2.05, 4.69) is 10.2 Å². The third kappa shape index (κ3) is 3.36. The van der Waals surface area contributed by atoms with Crippen molar-refractivity contribution in [3.63, 3.8) is 0 Å². The molecule has 0 aromatic heterocycles. The first-order valence-electron chi connectivity index (χ1n) is 7.16. The quantitative estimate of drug-likeness (QED) is 0.305. The van der Waals surface area contributed by atoms with E-state index in [4.69, 9.17) is 4.55 Å². The third-order valence-corrected chi connectivity index (χ3v) is 4.46. The minimum absolute atomic E-state index is 0.0172. The fourth-order valence-electron chi connectivity index (χ4n) is 2.39. The van der Waals surface area contributed by atoms with E-state index in [-0.39, 0.29) is 17.1 Å². The number of nitro groups is 1. The summed E-state index contributed by atoms with van der Waals surface area (Å²) < 4.78 is 31.5. The van der Waals surface area contributed by atoms with Gasteiger partial charge in [-0.1, -0.05) is 30.3 Å². The van der Waals surface area contributed by atoms with E-state index >= 15 is 0 Å². The molecule has 0 aliphatic rings. The van der Waals surface area contributed by atoms with Gasteiger partial charge in [0, 0.05) is 11.5 Å². The highest BCUT2D eigenvalue weighted by molar-refractivity contribution is 7.86. The van der Waals surface area contributed by atoms with Crippen LogP contribution < -0.4 is 0 Å². The smallest absolute Gasteiger partial charge is 0.301 e. The molecule has 132 valence electrons. The third-order valence-electron chi connectivity index (χ3n) is 3.56. The Morgan fingerprint density at radius 1 is 1.00 bits per heavy atom. The minimum Gasteiger partial charge on any atom is -0.506 e. The fourth-order valence-corrected chi connectivity index (χ4v) is 3.02. The van der Waals surface area contributed by atoms with Crippen molar-refractivity contribution >= 4 is 38.0 Å². The molecule has 0 fully saturated rings. The van der Waals surface area contributed by atoms with Crippen LogP contribution in [0.25, 0.3) is 10.8 Å². The Labute approximate surface area is 147 Å². The molecule has 2 N–H and O–H groups in total. The Morgan fingerprint density at radius 2 is 1.73 bits per heavy atom. The number of hydrogen-bond donors (Lipinski definition) is 2. The minimum atomic E-state index is -4.75. The number of fused-ring (bicyclic) bond motifs is 1. The van der Waals surface area contributed by atoms with Gasteiger partial charge < -0.3 is 5.11 Å². The highest BCUT2D eigenvalue weighted by Crippen LogP contribution is 2.36. The van der Waals surface area contributed by atoms with E-state index in [1.165, 1.54) is 6.07 Å². The summed E-state index contributed by atoms with van der Waals surface area (Å²) in [5.41, 5.74) is -0.674. The molecule has 3 aromatic rings. The van der Waals surface area contributed by atoms with Crippen LogP contribution in [0.4, 0.5) is 17.1 Å². The molecule has 0 saturated heterocycles. The van der Waals surface area contributed by atoms with Crippen molar-refractivity contribution in [3.8, 4) is 5.75 Å². The van der Waals surface area contributed by atoms with Crippen molar-refractivity contribution in [1.29, 1.82) is 0 Å². The molecule has 0 atom stereocenters. The summed E-state index contributed by atoms with van der Waals surface area (Å²) in [5, 5.41) is 30.3. The second-order valence-electron chi connectivity index (χ2n) is 5.24. The van der Waals surface area contributed by atoms with Gasteiger partial charge in [0.15, 0.2) is 4.90 Å². The van der Waals surface area contributed by atoms with Crippen molar-refractivity contribution in [1.82, 2.24) is 0 Å². The van der Waals surface area contributed by atoms with Crippen LogP contribution in [0.1, 0.15) is 0 Å². The number of benzene rings is 3. The van der Waals surface area contributed by atoms with Crippen LogP contribution in [0.2, 0.25) is 0 Å². The molecule has 0 aliphatic heterocycles. The molecule has 0 aliphatic carbocycles. The van der Waals surface area contributed by atoms with Crippen molar-refractivity contribution in [2.75, 3.05) is 0 Å². The summed E-state index contributed by atoms with van der Waals surface area (Å²) in [6.45, 7) is 0. The van der Waals surface area contributed by atoms with E-state index in [9.17, 15) is 23.6 Å². The normalized spacial score (nSPS) is 11.9. The average molecular weight is 373 g/mol. The lowest BCUT2D eigenvalue weighted by Gasteiger charge is -2.04. The molecule has 26 heavy (non-hydrogen) atoms. The summed E-state index contributed by atoms with van der Waals surface area (Å²) in [7, 11) is -4.75. The monoisotopic (exact) mass is 373 g/mol. The van der Waals surface area contributed by atoms with Gasteiger partial charge in [-0.2, -0.15) is 13.5 Å². The Morgan fingerprint density at radius 3 is 2.42 bits per heavy atom. The predicted molar refractivity (Wildman–Crippen MR) is 92.7 cm³/mol. The van der Waals surface area contributed by atoms with Crippen molar-refractivity contribution in [3.05, 3.63) is 64.7 Å². The highest BCUT2D eigenvalue weighted by atomic mass is 32.2. The fraction of sp³-hybridized carbons (Fsp3) is 0. The predicted octanol–water partition coefficient (Wildman–Crippen LogP) is 4.12. The molecule has 0 saturated carbocycles. The number of nitrogens with zero attached hydrogens (tertiary/aromatic N) is 3. The SMILES string of the molecule is O=[N+]([O-])c1cc(N=Nc2c(O)ccc3ccccc23)ccc1S(=O)(=O)O. The van der Waals surface area contributed by atoms with E-state index in [0.29, 0.717) is 5.39 Å². The number of phenolic OH excluding ortho intramolecular Hbond substituents is 1. The van der Waals surface area contributed by atoms with Crippen molar-refractivity contribution < 1.29 is 23.0 Å². The zero-order valence-corrected chi connectivity index (χ0v) is 13.8. The lowest BCUT2D eigenvalue weighted by molar-refractivity contribution is -0.387. The van der Waals surface area contributed by atoms with Crippen LogP contribution in [-0.4, -0.2) is 23.0 Å². The lowest BCUT2D eigenvalue weighted by atomic mass is 10.1. The second-order valence-corrected chi connectivity index (χ2v) is 6.63. The van der Waals surface area contributed by atoms with Gasteiger partial charge in [-0.25, -0.2) is 0 Å². The zero-order valence-electron chi connectivity index (χ0n) is 13.0. The molecule has 0 spiro atoms. The Kier molecular flexibility index (Phi) is 4.36. The topological polar surface area (TPSA) is 142 Å². The molecule has 3 rings (SSSR count). The molecule has 0 amide bonds. The van der Waals surface area contributed by atoms with Crippen molar-refractivity contribution in [2.24, 2.45) is 10.2 Å². The second kappa shape index (κ2) is 6.50. The first-order chi connectivity index (χ1) is 12.3. The maximum absolute atomic E-state index is 11.2. The molecule has 0 bridgehead atoms. The summed E-state index contributed by atoms with van der Waals surface area (Å²) in [6.07, 6.45) is 0. The van der Waals surface area contributed by atoms with Crippen LogP contribution in [0.5, 0.6) is 5.75 Å². The first-order valence-corrected chi connectivity index (χ1v) is 8.60. The van der Waals surface area contributed by atoms with Crippen molar-refractivity contribution in [2.45, 2.75) is 4.90 Å². The van der Waals surface area contributed by atoms with E-state index < -0.39 is 25.6 Å². The molecule has 9 nitrogen and oxygen atoms in total. The largest absolute Gasteiger partial charge is 0.506 e. The summed E-state index contributed by atoms with van der Waals surface area (Å²) in [5.74, 6) is -0.128. The molecule has 0 unspecified atom stereocenters. The number of rotatable bonds is 4. The standard InChI is InChI=1S/C16H11N3O6S/c20-14-7-5-10-3-1-2-4-12(10)16(14)18-17-11-6-8-15(26(23,24)25)13(9-11)19(21)22/h1-9,20H,(H,23,24,25). The van der Waals surface area contributed by atoms with Gasteiger partial charge >= 0.3 is 10.1 Å². The maximum Gasteiger partial charge on any atom is 0.301 e. The van der Waals surface area contributed by atoms with E-state index in [0.717, 1.165) is 23.6 Å². The van der Waals surface area contributed by atoms with E-state index in [1.54, 1.807) is 18.2 Å². The average Bonchev–Trinajstić information content (AvgIpc) is 2.59. The highest BCUT2D eigenvalue weighted by Gasteiger charge is 2.24. The number of azo groups is 1. The molecular formula is C16H11N3O6S. The molecule has 10 heteroatoms. The van der Waals surface area contributed by atoms with Gasteiger partial charge in [-0.3, -0.25) is 14.7 Å². The van der Waals surface area contributed by atoms with Gasteiger partial charge in [-0.15, -0.1) is 5.11 Å². The Bertz CT molecular complexity index is 1160. The Hall–Kier alpha value is -3.37. The molecule has 0 radical (unpaired) electrons. The number of nitro benzene ring substituents is 1. The maximum atomic E-state index is 11.2. The van der Waals surface area contributed by atoms with Gasteiger partial charge in [0.2, 0.25) is 0 Å². The van der Waals surface area contributed by atoms with Gasteiger partial charge in [0.1, 0.15) is 11.4 Å². The van der Waals surface area contributed by atoms with Crippen LogP contribution in [0.15, 0.2) is 69.7 Å². The molecule has 0 heterocycles. The lowest BCUT2D eigenvalue weighted by Crippen LogP contribution is -2.02. The van der Waals surface area contributed by atoms with Crippen LogP contribution in [-0.2, 0) is 10.1 Å². The van der Waals surface area contributed by atoms with Gasteiger partial charge in [0.25, 0.3) is 5.69 Å². The van der Waals surface area contributed by atoms with Crippen LogP contribution >= 0.6 is 0 Å². The number of aromatic hydroxyl groups is 1. The zero-order chi connectivity index (χ0) is 18.9. The Balaban J connectivity index is 2.09. The number of phenols is 1. The summed E-state index contributed by atoms with van der Waals surface area (Å²) >= 11 is 0. The van der Waals surface area contributed by atoms with Crippen LogP contribution in [0, 0.1) is 10.1 Å². The van der Waals surface area contributed by atoms with E-state index in [1.807, 2.05) is 12.1 Å². The summed E-state index contributed by atoms with van der Waals surface area (Å²) in [6, 6.07) is 13.2. The molecule has 3 aromatic carbocycles. The van der Waals surface area contributed by atoms with Gasteiger partial charge in [0.05, 0.1) is 10.6 Å².